The topological polar surface area (TPSA) is 98.5 Å². The first-order chi connectivity index (χ1) is 5.15. The third-order valence-electron chi connectivity index (χ3n) is 0.688. The largest absolute Gasteiger partial charge is 0.352 e. The molecule has 0 fully saturated rings. The van der Waals surface area contributed by atoms with Gasteiger partial charge >= 0.3 is 6.03 Å². The van der Waals surface area contributed by atoms with Crippen LogP contribution in [0.15, 0.2) is 4.99 Å². The van der Waals surface area contributed by atoms with Gasteiger partial charge < -0.3 is 11.5 Å². The van der Waals surface area contributed by atoms with E-state index in [9.17, 15) is 4.79 Å². The monoisotopic (exact) mass is 159 g/mol. The fourth-order valence-electron chi connectivity index (χ4n) is 0.283. The molecule has 0 aliphatic carbocycles. The van der Waals surface area contributed by atoms with Gasteiger partial charge in [0, 0.05) is 0 Å². The molecule has 0 bridgehead atoms. The molecule has 5 nitrogen and oxygen atoms in total. The van der Waals surface area contributed by atoms with Crippen molar-refractivity contribution in [1.29, 1.82) is 0 Å². The first kappa shape index (κ1) is 12.3. The second-order valence-electron chi connectivity index (χ2n) is 1.73. The Morgan fingerprint density at radius 1 is 1.55 bits per heavy atom. The van der Waals surface area contributed by atoms with E-state index in [4.69, 9.17) is 4.79 Å². The Hall–Kier alpha value is -1.35. The number of hydrogen-bond donors (Lipinski definition) is 2. The average Bonchev–Trinajstić information content (AvgIpc) is 1.88. The molecule has 64 valence electrons. The number of carbonyl (C=O) groups is 1. The minimum Gasteiger partial charge on any atom is -0.352 e. The van der Waals surface area contributed by atoms with Crippen LogP contribution in [0.5, 0.6) is 0 Å². The SMILES string of the molecule is CCCCN=C=O.NC(N)=O. The normalized spacial score (nSPS) is 7.00. The van der Waals surface area contributed by atoms with Crippen LogP contribution in [0.1, 0.15) is 19.8 Å². The Bertz CT molecular complexity index is 137. The van der Waals surface area contributed by atoms with Crippen LogP contribution in [0.25, 0.3) is 0 Å². The van der Waals surface area contributed by atoms with Crippen LogP contribution in [0.4, 0.5) is 4.79 Å². The van der Waals surface area contributed by atoms with Crippen LogP contribution in [-0.4, -0.2) is 18.7 Å². The summed E-state index contributed by atoms with van der Waals surface area (Å²) in [6, 6.07) is -0.833. The molecule has 0 radical (unpaired) electrons. The number of isocyanates is 1. The first-order valence-corrected chi connectivity index (χ1v) is 3.23. The predicted octanol–water partition coefficient (Wildman–Crippen LogP) is 0.146. The lowest BCUT2D eigenvalue weighted by molar-refractivity contribution is 0.256. The quantitative estimate of drug-likeness (QED) is 0.348. The summed E-state index contributed by atoms with van der Waals surface area (Å²) in [4.78, 5) is 21.7. The summed E-state index contributed by atoms with van der Waals surface area (Å²) >= 11 is 0. The molecule has 0 aliphatic heterocycles. The number of rotatable bonds is 3. The van der Waals surface area contributed by atoms with Crippen LogP contribution in [-0.2, 0) is 4.79 Å². The van der Waals surface area contributed by atoms with Crippen LogP contribution in [0.2, 0.25) is 0 Å². The number of aliphatic imine (C=N–C) groups is 1. The molecule has 0 spiro atoms. The van der Waals surface area contributed by atoms with Gasteiger partial charge in [0.1, 0.15) is 0 Å². The summed E-state index contributed by atoms with van der Waals surface area (Å²) in [5.74, 6) is 0. The van der Waals surface area contributed by atoms with Crippen molar-refractivity contribution >= 4 is 12.1 Å². The fourth-order valence-corrected chi connectivity index (χ4v) is 0.283. The summed E-state index contributed by atoms with van der Waals surface area (Å²) < 4.78 is 0. The third-order valence-corrected chi connectivity index (χ3v) is 0.688. The van der Waals surface area contributed by atoms with Crippen LogP contribution < -0.4 is 11.5 Å². The minimum absolute atomic E-state index is 0.639. The van der Waals surface area contributed by atoms with E-state index in [2.05, 4.69) is 23.4 Å². The Morgan fingerprint density at radius 2 is 2.00 bits per heavy atom. The van der Waals surface area contributed by atoms with E-state index in [0.717, 1.165) is 12.8 Å². The van der Waals surface area contributed by atoms with E-state index in [-0.39, 0.29) is 0 Å². The van der Waals surface area contributed by atoms with Gasteiger partial charge in [-0.15, -0.1) is 0 Å². The zero-order chi connectivity index (χ0) is 9.11. The number of primary amides is 2. The summed E-state index contributed by atoms with van der Waals surface area (Å²) in [7, 11) is 0. The molecule has 0 unspecified atom stereocenters. The smallest absolute Gasteiger partial charge is 0.309 e. The molecule has 0 aromatic carbocycles. The highest BCUT2D eigenvalue weighted by atomic mass is 16.2. The Labute approximate surface area is 65.5 Å². The van der Waals surface area contributed by atoms with Crippen molar-refractivity contribution in [2.45, 2.75) is 19.8 Å². The average molecular weight is 159 g/mol. The van der Waals surface area contributed by atoms with E-state index in [0.29, 0.717) is 6.54 Å². The van der Waals surface area contributed by atoms with Gasteiger partial charge in [-0.2, -0.15) is 0 Å². The van der Waals surface area contributed by atoms with Crippen molar-refractivity contribution < 1.29 is 9.59 Å². The van der Waals surface area contributed by atoms with Crippen LogP contribution >= 0.6 is 0 Å². The zero-order valence-electron chi connectivity index (χ0n) is 6.54. The fraction of sp³-hybridized carbons (Fsp3) is 0.667. The van der Waals surface area contributed by atoms with Gasteiger partial charge in [0.05, 0.1) is 6.54 Å². The van der Waals surface area contributed by atoms with Gasteiger partial charge in [0.2, 0.25) is 6.08 Å². The standard InChI is InChI=1S/C5H9NO.CH4N2O/c1-2-3-4-6-5-7;2-1(3)4/h2-4H2,1H3;(H4,2,3,4). The van der Waals surface area contributed by atoms with Gasteiger partial charge in [-0.3, -0.25) is 0 Å². The molecule has 0 atom stereocenters. The Morgan fingerprint density at radius 3 is 2.27 bits per heavy atom. The van der Waals surface area contributed by atoms with E-state index >= 15 is 0 Å². The summed E-state index contributed by atoms with van der Waals surface area (Å²) in [5, 5.41) is 0. The van der Waals surface area contributed by atoms with E-state index in [1.807, 2.05) is 0 Å². The maximum Gasteiger partial charge on any atom is 0.309 e. The Kier molecular flexibility index (Phi) is 12.8. The highest BCUT2D eigenvalue weighted by Gasteiger charge is 1.74. The first-order valence-electron chi connectivity index (χ1n) is 3.23. The minimum atomic E-state index is -0.833. The van der Waals surface area contributed by atoms with Crippen molar-refractivity contribution in [3.63, 3.8) is 0 Å². The van der Waals surface area contributed by atoms with Gasteiger partial charge in [0.15, 0.2) is 0 Å². The summed E-state index contributed by atoms with van der Waals surface area (Å²) in [6.07, 6.45) is 3.56. The number of hydrogen-bond acceptors (Lipinski definition) is 3. The molecule has 0 heterocycles. The molecule has 0 saturated heterocycles. The van der Waals surface area contributed by atoms with Crippen LogP contribution in [0, 0.1) is 0 Å². The van der Waals surface area contributed by atoms with Crippen molar-refractivity contribution in [2.75, 3.05) is 6.54 Å². The molecule has 5 heteroatoms. The number of urea groups is 1. The molecule has 4 N–H and O–H groups in total. The summed E-state index contributed by atoms with van der Waals surface area (Å²) in [5.41, 5.74) is 8.50. The van der Waals surface area contributed by atoms with Crippen molar-refractivity contribution in [3.8, 4) is 0 Å². The van der Waals surface area contributed by atoms with Crippen molar-refractivity contribution in [2.24, 2.45) is 16.5 Å². The lowest BCUT2D eigenvalue weighted by Gasteiger charge is -1.80. The number of nitrogens with zero attached hydrogens (tertiary/aromatic N) is 1. The van der Waals surface area contributed by atoms with Gasteiger partial charge in [-0.1, -0.05) is 13.3 Å². The molecule has 0 aromatic heterocycles. The van der Waals surface area contributed by atoms with E-state index < -0.39 is 6.03 Å². The molecule has 0 aromatic rings. The third kappa shape index (κ3) is 54.5. The maximum atomic E-state index is 9.39. The van der Waals surface area contributed by atoms with Gasteiger partial charge in [-0.05, 0) is 6.42 Å². The summed E-state index contributed by atoms with van der Waals surface area (Å²) in [6.45, 7) is 2.69. The van der Waals surface area contributed by atoms with Crippen LogP contribution in [0.3, 0.4) is 0 Å². The molecule has 11 heavy (non-hydrogen) atoms. The maximum absolute atomic E-state index is 9.39. The van der Waals surface area contributed by atoms with Crippen molar-refractivity contribution in [3.05, 3.63) is 0 Å². The number of amides is 2. The molecule has 2 amide bonds. The number of carbonyl (C=O) groups excluding carboxylic acids is 2. The zero-order valence-corrected chi connectivity index (χ0v) is 6.54. The highest BCUT2D eigenvalue weighted by Crippen LogP contribution is 1.83. The molecule has 0 saturated carbocycles. The molecular weight excluding hydrogens is 146 g/mol. The molecule has 0 aliphatic rings. The lowest BCUT2D eigenvalue weighted by atomic mass is 10.3. The van der Waals surface area contributed by atoms with E-state index in [1.165, 1.54) is 6.08 Å². The van der Waals surface area contributed by atoms with E-state index in [1.54, 1.807) is 0 Å². The van der Waals surface area contributed by atoms with Gasteiger partial charge in [0.25, 0.3) is 0 Å². The second kappa shape index (κ2) is 11.4. The Balaban J connectivity index is 0. The lowest BCUT2D eigenvalue weighted by Crippen LogP contribution is -2.18. The highest BCUT2D eigenvalue weighted by molar-refractivity contribution is 5.69. The van der Waals surface area contributed by atoms with Gasteiger partial charge in [-0.25, -0.2) is 14.6 Å². The second-order valence-corrected chi connectivity index (χ2v) is 1.73. The number of nitrogens with two attached hydrogens (primary N) is 2. The molecular formula is C6H13N3O2. The predicted molar refractivity (Wildman–Crippen MR) is 41.7 cm³/mol. The number of unbranched alkanes of at least 4 members (excludes halogenated alkanes) is 1. The molecule has 0 rings (SSSR count). The van der Waals surface area contributed by atoms with Crippen molar-refractivity contribution in [1.82, 2.24) is 0 Å².